The number of ether oxygens (including phenoxy) is 1. The van der Waals surface area contributed by atoms with Gasteiger partial charge in [-0.1, -0.05) is 78.3 Å². The van der Waals surface area contributed by atoms with Gasteiger partial charge >= 0.3 is 0 Å². The number of rotatable bonds is 5. The molecule has 0 unspecified atom stereocenters. The van der Waals surface area contributed by atoms with Crippen LogP contribution < -0.4 is 15.0 Å². The summed E-state index contributed by atoms with van der Waals surface area (Å²) in [5.41, 5.74) is 2.29. The first kappa shape index (κ1) is 20.8. The number of methoxy groups -OCH3 is 1. The third-order valence-corrected chi connectivity index (χ3v) is 5.88. The smallest absolute Gasteiger partial charge is 0.282 e. The normalized spacial score (nSPS) is 13.7. The molecule has 0 saturated carbocycles. The molecule has 4 aromatic rings. The van der Waals surface area contributed by atoms with E-state index in [4.69, 9.17) is 16.3 Å². The molecule has 0 aromatic heterocycles. The predicted molar refractivity (Wildman–Crippen MR) is 131 cm³/mol. The number of imide groups is 1. The van der Waals surface area contributed by atoms with E-state index in [9.17, 15) is 9.59 Å². The first-order chi connectivity index (χ1) is 16.1. The van der Waals surface area contributed by atoms with E-state index < -0.39 is 11.8 Å². The molecule has 5 nitrogen and oxygen atoms in total. The molecular weight excluding hydrogens is 436 g/mol. The summed E-state index contributed by atoms with van der Waals surface area (Å²) in [4.78, 5) is 28.3. The molecule has 0 atom stereocenters. The second-order valence-corrected chi connectivity index (χ2v) is 7.94. The van der Waals surface area contributed by atoms with Crippen LogP contribution in [0.5, 0.6) is 5.75 Å². The Bertz CT molecular complexity index is 1420. The summed E-state index contributed by atoms with van der Waals surface area (Å²) in [5.74, 6) is -0.409. The van der Waals surface area contributed by atoms with Crippen molar-refractivity contribution in [3.05, 3.63) is 107 Å². The Balaban J connectivity index is 1.64. The number of carbonyl (C=O) groups is 2. The molecule has 1 aliphatic heterocycles. The predicted octanol–water partition coefficient (Wildman–Crippen LogP) is 5.90. The number of amides is 2. The Labute approximate surface area is 195 Å². The lowest BCUT2D eigenvalue weighted by atomic mass is 10.0. The molecule has 4 aromatic carbocycles. The maximum absolute atomic E-state index is 13.6. The van der Waals surface area contributed by atoms with Gasteiger partial charge in [0.05, 0.1) is 23.4 Å². The van der Waals surface area contributed by atoms with Crippen LogP contribution in [0.3, 0.4) is 0 Å². The van der Waals surface area contributed by atoms with E-state index in [2.05, 4.69) is 5.32 Å². The number of hydrogen-bond acceptors (Lipinski definition) is 4. The molecule has 1 heterocycles. The largest absolute Gasteiger partial charge is 0.495 e. The second kappa shape index (κ2) is 8.45. The lowest BCUT2D eigenvalue weighted by Crippen LogP contribution is -2.32. The number of fused-ring (bicyclic) bond motifs is 1. The molecule has 33 heavy (non-hydrogen) atoms. The molecule has 0 saturated heterocycles. The zero-order valence-electron chi connectivity index (χ0n) is 17.7. The molecule has 0 spiro atoms. The first-order valence-corrected chi connectivity index (χ1v) is 10.7. The number of anilines is 2. The van der Waals surface area contributed by atoms with E-state index in [0.717, 1.165) is 21.4 Å². The summed E-state index contributed by atoms with van der Waals surface area (Å²) in [6.07, 6.45) is 0. The van der Waals surface area contributed by atoms with Gasteiger partial charge in [0.2, 0.25) is 0 Å². The maximum atomic E-state index is 13.6. The van der Waals surface area contributed by atoms with Crippen molar-refractivity contribution in [1.82, 2.24) is 0 Å². The molecule has 0 fully saturated rings. The van der Waals surface area contributed by atoms with E-state index in [1.54, 1.807) is 18.2 Å². The van der Waals surface area contributed by atoms with Gasteiger partial charge in [0.1, 0.15) is 11.4 Å². The van der Waals surface area contributed by atoms with Crippen molar-refractivity contribution in [2.75, 3.05) is 17.3 Å². The van der Waals surface area contributed by atoms with Crippen LogP contribution in [-0.2, 0) is 9.59 Å². The number of halogens is 1. The zero-order valence-corrected chi connectivity index (χ0v) is 18.5. The van der Waals surface area contributed by atoms with Crippen LogP contribution in [0, 0.1) is 0 Å². The van der Waals surface area contributed by atoms with Crippen LogP contribution in [-0.4, -0.2) is 18.9 Å². The minimum absolute atomic E-state index is 0.217. The Morgan fingerprint density at radius 1 is 0.818 bits per heavy atom. The number of hydrogen-bond donors (Lipinski definition) is 1. The highest BCUT2D eigenvalue weighted by molar-refractivity contribution is 6.46. The molecule has 162 valence electrons. The summed E-state index contributed by atoms with van der Waals surface area (Å²) < 4.78 is 5.20. The van der Waals surface area contributed by atoms with Crippen LogP contribution in [0.4, 0.5) is 11.4 Å². The fourth-order valence-electron chi connectivity index (χ4n) is 4.02. The fraction of sp³-hybridized carbons (Fsp3) is 0.0370. The molecule has 0 bridgehead atoms. The fourth-order valence-corrected chi connectivity index (χ4v) is 4.27. The van der Waals surface area contributed by atoms with Crippen molar-refractivity contribution in [3.63, 3.8) is 0 Å². The van der Waals surface area contributed by atoms with Crippen LogP contribution >= 0.6 is 11.6 Å². The Morgan fingerprint density at radius 3 is 2.30 bits per heavy atom. The van der Waals surface area contributed by atoms with Gasteiger partial charge in [-0.3, -0.25) is 9.59 Å². The molecule has 0 aliphatic carbocycles. The molecule has 5 rings (SSSR count). The minimum atomic E-state index is -0.451. The summed E-state index contributed by atoms with van der Waals surface area (Å²) in [6.45, 7) is 0. The van der Waals surface area contributed by atoms with Gasteiger partial charge in [-0.15, -0.1) is 0 Å². The quantitative estimate of drug-likeness (QED) is 0.381. The second-order valence-electron chi connectivity index (χ2n) is 7.53. The van der Waals surface area contributed by atoms with Crippen molar-refractivity contribution in [2.45, 2.75) is 0 Å². The average molecular weight is 455 g/mol. The Hall–Kier alpha value is -4.09. The highest BCUT2D eigenvalue weighted by atomic mass is 35.5. The van der Waals surface area contributed by atoms with Crippen molar-refractivity contribution < 1.29 is 14.3 Å². The monoisotopic (exact) mass is 454 g/mol. The standard InChI is InChI=1S/C27H19ClN2O3/c1-33-23-15-14-19(16-21(23)28)30-26(31)24(18-9-3-2-4-10-18)25(27(30)32)29-22-13-7-11-17-8-5-6-12-20(17)22/h2-16,29H,1H3. The SMILES string of the molecule is COc1ccc(N2C(=O)C(Nc3cccc4ccccc34)=C(c3ccccc3)C2=O)cc1Cl. The molecular formula is C27H19ClN2O3. The number of carbonyl (C=O) groups excluding carboxylic acids is 2. The van der Waals surface area contributed by atoms with E-state index in [1.165, 1.54) is 7.11 Å². The Kier molecular flexibility index (Phi) is 5.32. The summed E-state index contributed by atoms with van der Waals surface area (Å²) >= 11 is 6.28. The highest BCUT2D eigenvalue weighted by Gasteiger charge is 2.40. The van der Waals surface area contributed by atoms with Gasteiger partial charge in [0, 0.05) is 11.1 Å². The number of nitrogens with one attached hydrogen (secondary N) is 1. The number of nitrogens with zero attached hydrogens (tertiary/aromatic N) is 1. The molecule has 6 heteroatoms. The van der Waals surface area contributed by atoms with E-state index >= 15 is 0 Å². The van der Waals surface area contributed by atoms with Crippen LogP contribution in [0.15, 0.2) is 96.7 Å². The maximum Gasteiger partial charge on any atom is 0.282 e. The third-order valence-electron chi connectivity index (χ3n) is 5.59. The van der Waals surface area contributed by atoms with E-state index in [-0.39, 0.29) is 5.70 Å². The van der Waals surface area contributed by atoms with Crippen LogP contribution in [0.25, 0.3) is 16.3 Å². The molecule has 2 amide bonds. The van der Waals surface area contributed by atoms with Gasteiger partial charge in [-0.25, -0.2) is 4.90 Å². The van der Waals surface area contributed by atoms with Gasteiger partial charge in [-0.2, -0.15) is 0 Å². The summed E-state index contributed by atoms with van der Waals surface area (Å²) in [7, 11) is 1.51. The van der Waals surface area contributed by atoms with Crippen LogP contribution in [0.1, 0.15) is 5.56 Å². The van der Waals surface area contributed by atoms with Crippen LogP contribution in [0.2, 0.25) is 5.02 Å². The van der Waals surface area contributed by atoms with Gasteiger partial charge in [0.15, 0.2) is 0 Å². The average Bonchev–Trinajstić information content (AvgIpc) is 3.09. The molecule has 0 radical (unpaired) electrons. The topological polar surface area (TPSA) is 58.6 Å². The van der Waals surface area contributed by atoms with Crippen molar-refractivity contribution >= 4 is 51.1 Å². The lowest BCUT2D eigenvalue weighted by Gasteiger charge is -2.17. The molecule has 1 aliphatic rings. The van der Waals surface area contributed by atoms with Crippen molar-refractivity contribution in [3.8, 4) is 5.75 Å². The van der Waals surface area contributed by atoms with Crippen molar-refractivity contribution in [2.24, 2.45) is 0 Å². The lowest BCUT2D eigenvalue weighted by molar-refractivity contribution is -0.120. The van der Waals surface area contributed by atoms with Gasteiger partial charge < -0.3 is 10.1 Å². The van der Waals surface area contributed by atoms with Gasteiger partial charge in [-0.05, 0) is 35.2 Å². The van der Waals surface area contributed by atoms with E-state index in [0.29, 0.717) is 27.6 Å². The zero-order chi connectivity index (χ0) is 22.9. The summed E-state index contributed by atoms with van der Waals surface area (Å²) in [6, 6.07) is 27.7. The minimum Gasteiger partial charge on any atom is -0.495 e. The highest BCUT2D eigenvalue weighted by Crippen LogP contribution is 2.37. The van der Waals surface area contributed by atoms with E-state index in [1.807, 2.05) is 72.8 Å². The Morgan fingerprint density at radius 2 is 1.55 bits per heavy atom. The first-order valence-electron chi connectivity index (χ1n) is 10.4. The number of benzene rings is 4. The third kappa shape index (κ3) is 3.62. The molecule has 1 N–H and O–H groups in total. The van der Waals surface area contributed by atoms with Gasteiger partial charge in [0.25, 0.3) is 11.8 Å². The van der Waals surface area contributed by atoms with Crippen molar-refractivity contribution in [1.29, 1.82) is 0 Å². The summed E-state index contributed by atoms with van der Waals surface area (Å²) in [5, 5.41) is 5.55.